The first-order chi connectivity index (χ1) is 13.7. The first-order valence-corrected chi connectivity index (χ1v) is 9.46. The number of ether oxygens (including phenoxy) is 1. The number of nitrogens with zero attached hydrogens (tertiary/aromatic N) is 2. The quantitative estimate of drug-likeness (QED) is 0.657. The third-order valence-electron chi connectivity index (χ3n) is 5.19. The zero-order chi connectivity index (χ0) is 19.3. The molecule has 1 saturated heterocycles. The van der Waals surface area contributed by atoms with Crippen LogP contribution in [0.5, 0.6) is 5.75 Å². The van der Waals surface area contributed by atoms with Gasteiger partial charge in [-0.3, -0.25) is 9.69 Å². The van der Waals surface area contributed by atoms with E-state index < -0.39 is 0 Å². The van der Waals surface area contributed by atoms with E-state index in [9.17, 15) is 4.79 Å². The first-order valence-electron chi connectivity index (χ1n) is 9.46. The van der Waals surface area contributed by atoms with Crippen LogP contribution in [-0.2, 0) is 17.8 Å². The lowest BCUT2D eigenvalue weighted by molar-refractivity contribution is -0.122. The molecule has 5 nitrogen and oxygen atoms in total. The molecule has 0 unspecified atom stereocenters. The van der Waals surface area contributed by atoms with Crippen molar-refractivity contribution in [2.75, 3.05) is 25.1 Å². The number of benzene rings is 2. The van der Waals surface area contributed by atoms with Crippen LogP contribution in [0.25, 0.3) is 0 Å². The molecule has 2 aromatic carbocycles. The molecule has 0 radical (unpaired) electrons. The Kier molecular flexibility index (Phi) is 5.44. The largest absolute Gasteiger partial charge is 0.497 e. The summed E-state index contributed by atoms with van der Waals surface area (Å²) in [6.07, 6.45) is 4.31. The van der Waals surface area contributed by atoms with Gasteiger partial charge in [-0.05, 0) is 30.2 Å². The fourth-order valence-corrected chi connectivity index (χ4v) is 3.73. The predicted molar refractivity (Wildman–Crippen MR) is 108 cm³/mol. The van der Waals surface area contributed by atoms with Gasteiger partial charge in [0.15, 0.2) is 0 Å². The van der Waals surface area contributed by atoms with Crippen LogP contribution in [0.15, 0.2) is 77.6 Å². The summed E-state index contributed by atoms with van der Waals surface area (Å²) in [5, 5.41) is 0. The first kappa shape index (κ1) is 18.3. The molecular formula is C23H24N2O3. The van der Waals surface area contributed by atoms with E-state index in [1.54, 1.807) is 19.6 Å². The normalized spacial score (nSPS) is 17.7. The van der Waals surface area contributed by atoms with E-state index in [-0.39, 0.29) is 11.9 Å². The number of furan rings is 1. The number of carbonyl (C=O) groups excluding carboxylic acids is 1. The maximum absolute atomic E-state index is 13.0. The molecule has 1 amide bonds. The van der Waals surface area contributed by atoms with Gasteiger partial charge >= 0.3 is 0 Å². The van der Waals surface area contributed by atoms with E-state index in [0.717, 1.165) is 23.4 Å². The highest BCUT2D eigenvalue weighted by molar-refractivity contribution is 5.95. The number of carbonyl (C=O) groups is 1. The van der Waals surface area contributed by atoms with Crippen LogP contribution in [0, 0.1) is 0 Å². The van der Waals surface area contributed by atoms with Crippen molar-refractivity contribution < 1.29 is 13.9 Å². The molecule has 5 heteroatoms. The van der Waals surface area contributed by atoms with Crippen LogP contribution >= 0.6 is 0 Å². The second-order valence-corrected chi connectivity index (χ2v) is 7.09. The molecule has 0 bridgehead atoms. The average molecular weight is 376 g/mol. The van der Waals surface area contributed by atoms with Crippen molar-refractivity contribution in [3.05, 3.63) is 84.3 Å². The summed E-state index contributed by atoms with van der Waals surface area (Å²) >= 11 is 0. The van der Waals surface area contributed by atoms with Gasteiger partial charge in [0.05, 0.1) is 26.2 Å². The predicted octanol–water partition coefficient (Wildman–Crippen LogP) is 3.75. The minimum absolute atomic E-state index is 0.0982. The van der Waals surface area contributed by atoms with Gasteiger partial charge < -0.3 is 14.1 Å². The monoisotopic (exact) mass is 376 g/mol. The van der Waals surface area contributed by atoms with Crippen molar-refractivity contribution in [3.63, 3.8) is 0 Å². The number of anilines is 1. The van der Waals surface area contributed by atoms with Crippen LogP contribution < -0.4 is 9.64 Å². The Hall–Kier alpha value is -3.05. The van der Waals surface area contributed by atoms with E-state index >= 15 is 0 Å². The van der Waals surface area contributed by atoms with Gasteiger partial charge in [0.1, 0.15) is 5.75 Å². The highest BCUT2D eigenvalue weighted by Crippen LogP contribution is 2.26. The van der Waals surface area contributed by atoms with Crippen molar-refractivity contribution in [1.29, 1.82) is 0 Å². The number of hydrogen-bond donors (Lipinski definition) is 0. The summed E-state index contributed by atoms with van der Waals surface area (Å²) in [6, 6.07) is 20.3. The maximum Gasteiger partial charge on any atom is 0.241 e. The molecule has 1 aliphatic heterocycles. The average Bonchev–Trinajstić information content (AvgIpc) is 3.24. The number of piperazine rings is 1. The number of rotatable bonds is 6. The second kappa shape index (κ2) is 8.31. The molecule has 1 aromatic heterocycles. The third kappa shape index (κ3) is 4.10. The van der Waals surface area contributed by atoms with Gasteiger partial charge in [-0.2, -0.15) is 0 Å². The van der Waals surface area contributed by atoms with Crippen LogP contribution in [-0.4, -0.2) is 37.0 Å². The van der Waals surface area contributed by atoms with Gasteiger partial charge in [0.2, 0.25) is 5.91 Å². The molecule has 3 aromatic rings. The molecule has 28 heavy (non-hydrogen) atoms. The molecule has 4 rings (SSSR count). The lowest BCUT2D eigenvalue weighted by Gasteiger charge is -2.41. The van der Waals surface area contributed by atoms with Crippen molar-refractivity contribution in [3.8, 4) is 5.75 Å². The number of hydrogen-bond acceptors (Lipinski definition) is 4. The molecule has 1 atom stereocenters. The van der Waals surface area contributed by atoms with Crippen molar-refractivity contribution >= 4 is 11.6 Å². The topological polar surface area (TPSA) is 45.9 Å². The molecule has 0 N–H and O–H groups in total. The van der Waals surface area contributed by atoms with Gasteiger partial charge in [0, 0.05) is 36.4 Å². The van der Waals surface area contributed by atoms with Gasteiger partial charge in [-0.15, -0.1) is 0 Å². The van der Waals surface area contributed by atoms with Crippen LogP contribution in [0.3, 0.4) is 0 Å². The minimum atomic E-state index is 0.0982. The molecule has 0 spiro atoms. The Morgan fingerprint density at radius 3 is 2.68 bits per heavy atom. The molecule has 1 fully saturated rings. The Labute approximate surface area is 165 Å². The van der Waals surface area contributed by atoms with Gasteiger partial charge in [-0.25, -0.2) is 0 Å². The van der Waals surface area contributed by atoms with Crippen LogP contribution in [0.2, 0.25) is 0 Å². The summed E-state index contributed by atoms with van der Waals surface area (Å²) in [6.45, 7) is 1.71. The van der Waals surface area contributed by atoms with E-state index in [1.165, 1.54) is 5.56 Å². The Bertz CT molecular complexity index is 909. The molecule has 0 saturated carbocycles. The Balaban J connectivity index is 1.59. The smallest absolute Gasteiger partial charge is 0.241 e. The summed E-state index contributed by atoms with van der Waals surface area (Å²) in [7, 11) is 1.64. The fourth-order valence-electron chi connectivity index (χ4n) is 3.73. The molecule has 0 aliphatic carbocycles. The molecule has 144 valence electrons. The summed E-state index contributed by atoms with van der Waals surface area (Å²) in [5.41, 5.74) is 3.23. The van der Waals surface area contributed by atoms with E-state index in [0.29, 0.717) is 19.6 Å². The Morgan fingerprint density at radius 1 is 1.07 bits per heavy atom. The SMILES string of the molecule is COc1cccc(N2C[C@@H](Cc3ccccc3)N(Cc3ccoc3)CC2=O)c1. The van der Waals surface area contributed by atoms with Gasteiger partial charge in [0.25, 0.3) is 0 Å². The van der Waals surface area contributed by atoms with Crippen LogP contribution in [0.4, 0.5) is 5.69 Å². The lowest BCUT2D eigenvalue weighted by atomic mass is 10.0. The van der Waals surface area contributed by atoms with Crippen molar-refractivity contribution in [2.45, 2.75) is 19.0 Å². The summed E-state index contributed by atoms with van der Waals surface area (Å²) in [4.78, 5) is 17.1. The highest BCUT2D eigenvalue weighted by Gasteiger charge is 2.33. The molecule has 2 heterocycles. The molecular weight excluding hydrogens is 352 g/mol. The lowest BCUT2D eigenvalue weighted by Crippen LogP contribution is -2.56. The van der Waals surface area contributed by atoms with E-state index in [2.05, 4.69) is 29.2 Å². The molecule has 1 aliphatic rings. The highest BCUT2D eigenvalue weighted by atomic mass is 16.5. The zero-order valence-electron chi connectivity index (χ0n) is 16.0. The minimum Gasteiger partial charge on any atom is -0.497 e. The standard InChI is InChI=1S/C23H24N2O3/c1-27-22-9-5-8-20(13-22)25-15-21(12-18-6-3-2-4-7-18)24(16-23(25)26)14-19-10-11-28-17-19/h2-11,13,17,21H,12,14-16H2,1H3/t21-/m1/s1. The zero-order valence-corrected chi connectivity index (χ0v) is 16.0. The van der Waals surface area contributed by atoms with Crippen molar-refractivity contribution in [2.24, 2.45) is 0 Å². The van der Waals surface area contributed by atoms with E-state index in [1.807, 2.05) is 41.3 Å². The second-order valence-electron chi connectivity index (χ2n) is 7.09. The maximum atomic E-state index is 13.0. The van der Waals surface area contributed by atoms with Crippen LogP contribution in [0.1, 0.15) is 11.1 Å². The van der Waals surface area contributed by atoms with Gasteiger partial charge in [-0.1, -0.05) is 36.4 Å². The number of methoxy groups -OCH3 is 1. The number of amides is 1. The third-order valence-corrected chi connectivity index (χ3v) is 5.19. The van der Waals surface area contributed by atoms with E-state index in [4.69, 9.17) is 9.15 Å². The Morgan fingerprint density at radius 2 is 1.93 bits per heavy atom. The fraction of sp³-hybridized carbons (Fsp3) is 0.261. The summed E-state index contributed by atoms with van der Waals surface area (Å²) in [5.74, 6) is 0.854. The van der Waals surface area contributed by atoms with Crippen molar-refractivity contribution in [1.82, 2.24) is 4.90 Å². The summed E-state index contributed by atoms with van der Waals surface area (Å²) < 4.78 is 10.6.